The van der Waals surface area contributed by atoms with Gasteiger partial charge in [0.25, 0.3) is 0 Å². The summed E-state index contributed by atoms with van der Waals surface area (Å²) in [4.78, 5) is 19.7. The van der Waals surface area contributed by atoms with Gasteiger partial charge in [0, 0.05) is 23.2 Å². The molecule has 8 heteroatoms. The van der Waals surface area contributed by atoms with E-state index in [2.05, 4.69) is 15.1 Å². The standard InChI is InChI=1S/C17H16N6O2/c1-9(2)23-16-13(15(18)19-8-20-16)14(21-23)11-3-4-12-10(7-11)5-6-22(12)17(24)25/h3-9H,1-2H3,(H,24,25)(H2,18,19,20). The van der Waals surface area contributed by atoms with E-state index in [1.807, 2.05) is 30.7 Å². The van der Waals surface area contributed by atoms with Gasteiger partial charge in [0.05, 0.1) is 10.9 Å². The average Bonchev–Trinajstić information content (AvgIpc) is 3.16. The van der Waals surface area contributed by atoms with Gasteiger partial charge in [0.1, 0.15) is 17.8 Å². The predicted molar refractivity (Wildman–Crippen MR) is 94.5 cm³/mol. The Morgan fingerprint density at radius 1 is 1.24 bits per heavy atom. The number of fused-ring (bicyclic) bond motifs is 2. The third kappa shape index (κ3) is 2.22. The molecular weight excluding hydrogens is 320 g/mol. The molecule has 0 saturated heterocycles. The summed E-state index contributed by atoms with van der Waals surface area (Å²) < 4.78 is 3.00. The number of anilines is 1. The molecule has 4 aromatic rings. The number of aromatic nitrogens is 5. The highest BCUT2D eigenvalue weighted by Gasteiger charge is 2.19. The molecular formula is C17H16N6O2. The molecule has 3 aromatic heterocycles. The maximum atomic E-state index is 11.2. The number of nitrogen functional groups attached to an aromatic ring is 1. The average molecular weight is 336 g/mol. The number of carboxylic acid groups (broad SMARTS) is 1. The van der Waals surface area contributed by atoms with Crippen LogP contribution in [0.1, 0.15) is 19.9 Å². The minimum Gasteiger partial charge on any atom is -0.464 e. The van der Waals surface area contributed by atoms with Crippen LogP contribution in [0.3, 0.4) is 0 Å². The van der Waals surface area contributed by atoms with Gasteiger partial charge in [-0.05, 0) is 32.0 Å². The predicted octanol–water partition coefficient (Wildman–Crippen LogP) is 3.14. The summed E-state index contributed by atoms with van der Waals surface area (Å²) in [5.41, 5.74) is 8.90. The van der Waals surface area contributed by atoms with Crippen molar-refractivity contribution in [3.63, 3.8) is 0 Å². The van der Waals surface area contributed by atoms with Crippen molar-refractivity contribution in [2.75, 3.05) is 5.73 Å². The summed E-state index contributed by atoms with van der Waals surface area (Å²) in [5, 5.41) is 15.4. The molecule has 0 saturated carbocycles. The second kappa shape index (κ2) is 5.30. The van der Waals surface area contributed by atoms with Gasteiger partial charge in [0.2, 0.25) is 0 Å². The van der Waals surface area contributed by atoms with Crippen LogP contribution in [0.2, 0.25) is 0 Å². The highest BCUT2D eigenvalue weighted by atomic mass is 16.4. The smallest absolute Gasteiger partial charge is 0.415 e. The maximum Gasteiger partial charge on any atom is 0.415 e. The Hall–Kier alpha value is -3.42. The van der Waals surface area contributed by atoms with E-state index in [4.69, 9.17) is 5.73 Å². The van der Waals surface area contributed by atoms with Crippen LogP contribution in [0.4, 0.5) is 10.6 Å². The van der Waals surface area contributed by atoms with Gasteiger partial charge in [-0.2, -0.15) is 5.10 Å². The molecule has 0 aliphatic rings. The number of benzene rings is 1. The molecule has 4 rings (SSSR count). The topological polar surface area (TPSA) is 112 Å². The van der Waals surface area contributed by atoms with E-state index in [-0.39, 0.29) is 6.04 Å². The largest absolute Gasteiger partial charge is 0.464 e. The fourth-order valence-corrected chi connectivity index (χ4v) is 3.01. The third-order valence-electron chi connectivity index (χ3n) is 4.18. The van der Waals surface area contributed by atoms with Gasteiger partial charge in [-0.1, -0.05) is 6.07 Å². The van der Waals surface area contributed by atoms with Crippen LogP contribution in [0, 0.1) is 0 Å². The van der Waals surface area contributed by atoms with Crippen molar-refractivity contribution in [3.05, 3.63) is 36.8 Å². The Morgan fingerprint density at radius 2 is 2.04 bits per heavy atom. The van der Waals surface area contributed by atoms with Crippen molar-refractivity contribution >= 4 is 33.8 Å². The van der Waals surface area contributed by atoms with E-state index in [1.165, 1.54) is 17.1 Å². The number of rotatable bonds is 2. The first-order valence-corrected chi connectivity index (χ1v) is 7.81. The SMILES string of the molecule is CC(C)n1nc(-c2ccc3c(ccn3C(=O)O)c2)c2c(N)ncnc21. The monoisotopic (exact) mass is 336 g/mol. The first-order valence-electron chi connectivity index (χ1n) is 7.81. The lowest BCUT2D eigenvalue weighted by molar-refractivity contribution is 0.197. The van der Waals surface area contributed by atoms with Crippen LogP contribution in [0.5, 0.6) is 0 Å². The van der Waals surface area contributed by atoms with Crippen molar-refractivity contribution in [2.45, 2.75) is 19.9 Å². The molecule has 0 bridgehead atoms. The lowest BCUT2D eigenvalue weighted by Crippen LogP contribution is -2.05. The van der Waals surface area contributed by atoms with Crippen molar-refractivity contribution in [1.29, 1.82) is 0 Å². The first kappa shape index (κ1) is 15.1. The van der Waals surface area contributed by atoms with E-state index in [9.17, 15) is 9.90 Å². The van der Waals surface area contributed by atoms with Crippen LogP contribution >= 0.6 is 0 Å². The highest BCUT2D eigenvalue weighted by Crippen LogP contribution is 2.33. The molecule has 8 nitrogen and oxygen atoms in total. The summed E-state index contributed by atoms with van der Waals surface area (Å²) in [6.45, 7) is 4.04. The summed E-state index contributed by atoms with van der Waals surface area (Å²) in [5.74, 6) is 0.370. The van der Waals surface area contributed by atoms with Crippen molar-refractivity contribution in [3.8, 4) is 11.3 Å². The van der Waals surface area contributed by atoms with Crippen molar-refractivity contribution < 1.29 is 9.90 Å². The molecule has 3 heterocycles. The van der Waals surface area contributed by atoms with Gasteiger partial charge in [-0.25, -0.2) is 19.4 Å². The zero-order valence-corrected chi connectivity index (χ0v) is 13.7. The molecule has 0 fully saturated rings. The van der Waals surface area contributed by atoms with Crippen LogP contribution in [-0.2, 0) is 0 Å². The van der Waals surface area contributed by atoms with E-state index >= 15 is 0 Å². The number of hydrogen-bond donors (Lipinski definition) is 2. The molecule has 0 aliphatic heterocycles. The van der Waals surface area contributed by atoms with Gasteiger partial charge in [-0.3, -0.25) is 4.57 Å². The lowest BCUT2D eigenvalue weighted by atomic mass is 10.1. The fraction of sp³-hybridized carbons (Fsp3) is 0.176. The zero-order chi connectivity index (χ0) is 17.7. The van der Waals surface area contributed by atoms with Gasteiger partial charge in [0.15, 0.2) is 5.65 Å². The molecule has 126 valence electrons. The summed E-state index contributed by atoms with van der Waals surface area (Å²) in [7, 11) is 0. The lowest BCUT2D eigenvalue weighted by Gasteiger charge is -2.05. The van der Waals surface area contributed by atoms with Crippen LogP contribution < -0.4 is 5.73 Å². The van der Waals surface area contributed by atoms with E-state index in [0.29, 0.717) is 28.1 Å². The Bertz CT molecular complexity index is 1130. The van der Waals surface area contributed by atoms with E-state index < -0.39 is 6.09 Å². The fourth-order valence-electron chi connectivity index (χ4n) is 3.01. The number of carbonyl (C=O) groups is 1. The third-order valence-corrected chi connectivity index (χ3v) is 4.18. The molecule has 1 aromatic carbocycles. The Labute approximate surface area is 142 Å². The Balaban J connectivity index is 1.98. The summed E-state index contributed by atoms with van der Waals surface area (Å²) in [6.07, 6.45) is 1.94. The van der Waals surface area contributed by atoms with Gasteiger partial charge in [-0.15, -0.1) is 0 Å². The molecule has 0 spiro atoms. The molecule has 0 unspecified atom stereocenters. The van der Waals surface area contributed by atoms with Crippen LogP contribution in [-0.4, -0.2) is 35.5 Å². The first-order chi connectivity index (χ1) is 12.0. The Kier molecular flexibility index (Phi) is 3.21. The molecule has 0 atom stereocenters. The highest BCUT2D eigenvalue weighted by molar-refractivity contribution is 6.00. The van der Waals surface area contributed by atoms with Crippen molar-refractivity contribution in [2.24, 2.45) is 0 Å². The summed E-state index contributed by atoms with van der Waals surface area (Å²) >= 11 is 0. The van der Waals surface area contributed by atoms with Gasteiger partial charge < -0.3 is 10.8 Å². The Morgan fingerprint density at radius 3 is 2.76 bits per heavy atom. The van der Waals surface area contributed by atoms with Crippen LogP contribution in [0.25, 0.3) is 33.2 Å². The maximum absolute atomic E-state index is 11.2. The zero-order valence-electron chi connectivity index (χ0n) is 13.7. The van der Waals surface area contributed by atoms with E-state index in [0.717, 1.165) is 10.9 Å². The molecule has 0 amide bonds. The molecule has 0 radical (unpaired) electrons. The second-order valence-corrected chi connectivity index (χ2v) is 6.09. The van der Waals surface area contributed by atoms with Crippen molar-refractivity contribution in [1.82, 2.24) is 24.3 Å². The van der Waals surface area contributed by atoms with Gasteiger partial charge >= 0.3 is 6.09 Å². The summed E-state index contributed by atoms with van der Waals surface area (Å²) in [6, 6.07) is 7.37. The minimum atomic E-state index is -1.02. The quantitative estimate of drug-likeness (QED) is 0.581. The normalized spacial score (nSPS) is 11.6. The number of hydrogen-bond acceptors (Lipinski definition) is 5. The molecule has 3 N–H and O–H groups in total. The molecule has 0 aliphatic carbocycles. The number of nitrogens with zero attached hydrogens (tertiary/aromatic N) is 5. The van der Waals surface area contributed by atoms with E-state index in [1.54, 1.807) is 12.1 Å². The number of nitrogens with two attached hydrogens (primary N) is 1. The minimum absolute atomic E-state index is 0.113. The second-order valence-electron chi connectivity index (χ2n) is 6.09. The van der Waals surface area contributed by atoms with Crippen LogP contribution in [0.15, 0.2) is 36.8 Å². The molecule has 25 heavy (non-hydrogen) atoms.